The van der Waals surface area contributed by atoms with Gasteiger partial charge in [0.1, 0.15) is 5.75 Å². The van der Waals surface area contributed by atoms with E-state index in [1.165, 1.54) is 0 Å². The first kappa shape index (κ1) is 14.4. The number of carbonyl (C=O) groups is 1. The van der Waals surface area contributed by atoms with E-state index >= 15 is 0 Å². The first-order chi connectivity index (χ1) is 9.52. The van der Waals surface area contributed by atoms with E-state index in [1.807, 2.05) is 6.20 Å². The number of nitrogens with two attached hydrogens (primary N) is 2. The smallest absolute Gasteiger partial charge is 0.303 e. The highest BCUT2D eigenvalue weighted by Crippen LogP contribution is 2.31. The van der Waals surface area contributed by atoms with Gasteiger partial charge in [-0.25, -0.2) is 0 Å². The maximum Gasteiger partial charge on any atom is 0.303 e. The molecule has 1 aromatic carbocycles. The minimum absolute atomic E-state index is 0.00528. The van der Waals surface area contributed by atoms with E-state index in [9.17, 15) is 9.90 Å². The lowest BCUT2D eigenvalue weighted by atomic mass is 9.98. The van der Waals surface area contributed by atoms with Crippen molar-refractivity contribution in [2.24, 2.45) is 11.5 Å². The average Bonchev–Trinajstić information content (AvgIpc) is 2.78. The molecule has 0 fully saturated rings. The van der Waals surface area contributed by atoms with Crippen LogP contribution in [0.15, 0.2) is 18.3 Å². The van der Waals surface area contributed by atoms with Gasteiger partial charge in [-0.3, -0.25) is 4.79 Å². The number of aromatic amines is 1. The van der Waals surface area contributed by atoms with Crippen molar-refractivity contribution >= 4 is 16.9 Å². The van der Waals surface area contributed by atoms with Gasteiger partial charge in [0.2, 0.25) is 0 Å². The van der Waals surface area contributed by atoms with Crippen LogP contribution in [0.25, 0.3) is 10.9 Å². The second-order valence-electron chi connectivity index (χ2n) is 4.85. The Morgan fingerprint density at radius 2 is 2.15 bits per heavy atom. The van der Waals surface area contributed by atoms with E-state index in [2.05, 4.69) is 4.98 Å². The molecule has 2 aromatic rings. The number of hydrogen-bond acceptors (Lipinski definition) is 4. The van der Waals surface area contributed by atoms with Crippen LogP contribution in [0.1, 0.15) is 30.0 Å². The molecule has 108 valence electrons. The highest BCUT2D eigenvalue weighted by Gasteiger charge is 2.16. The monoisotopic (exact) mass is 277 g/mol. The number of phenolic OH excluding ortho intramolecular Hbond substituents is 1. The van der Waals surface area contributed by atoms with Crippen LogP contribution in [0.2, 0.25) is 0 Å². The fourth-order valence-electron chi connectivity index (χ4n) is 2.39. The number of aromatic hydroxyl groups is 1. The normalized spacial score (nSPS) is 12.7. The quantitative estimate of drug-likeness (QED) is 0.543. The SMILES string of the molecule is NCCc1c[nH]c2c(C(N)CCC(=O)O)cc(O)cc12. The van der Waals surface area contributed by atoms with Crippen LogP contribution in [-0.4, -0.2) is 27.7 Å². The van der Waals surface area contributed by atoms with Crippen molar-refractivity contribution in [3.05, 3.63) is 29.5 Å². The molecule has 0 saturated heterocycles. The number of benzene rings is 1. The van der Waals surface area contributed by atoms with Gasteiger partial charge in [0, 0.05) is 24.0 Å². The Morgan fingerprint density at radius 1 is 1.40 bits per heavy atom. The maximum atomic E-state index is 10.6. The average molecular weight is 277 g/mol. The summed E-state index contributed by atoms with van der Waals surface area (Å²) in [6.45, 7) is 0.517. The lowest BCUT2D eigenvalue weighted by molar-refractivity contribution is -0.137. The molecule has 2 rings (SSSR count). The number of nitrogens with one attached hydrogen (secondary N) is 1. The fraction of sp³-hybridized carbons (Fsp3) is 0.357. The Kier molecular flexibility index (Phi) is 4.26. The van der Waals surface area contributed by atoms with Crippen LogP contribution >= 0.6 is 0 Å². The Bertz CT molecular complexity index is 621. The fourth-order valence-corrected chi connectivity index (χ4v) is 2.39. The number of carboxylic acids is 1. The lowest BCUT2D eigenvalue weighted by Gasteiger charge is -2.13. The summed E-state index contributed by atoms with van der Waals surface area (Å²) in [5.41, 5.74) is 14.2. The van der Waals surface area contributed by atoms with Crippen molar-refractivity contribution < 1.29 is 15.0 Å². The molecule has 0 amide bonds. The number of aliphatic carboxylic acids is 1. The van der Waals surface area contributed by atoms with Crippen molar-refractivity contribution in [3.8, 4) is 5.75 Å². The first-order valence-corrected chi connectivity index (χ1v) is 6.53. The highest BCUT2D eigenvalue weighted by atomic mass is 16.4. The number of rotatable bonds is 6. The lowest BCUT2D eigenvalue weighted by Crippen LogP contribution is -2.12. The predicted molar refractivity (Wildman–Crippen MR) is 76.5 cm³/mol. The van der Waals surface area contributed by atoms with Gasteiger partial charge >= 0.3 is 5.97 Å². The number of carboxylic acid groups (broad SMARTS) is 1. The van der Waals surface area contributed by atoms with E-state index in [0.29, 0.717) is 19.4 Å². The number of H-pyrrole nitrogens is 1. The third kappa shape index (κ3) is 2.92. The minimum atomic E-state index is -0.882. The predicted octanol–water partition coefficient (Wildman–Crippen LogP) is 1.24. The minimum Gasteiger partial charge on any atom is -0.508 e. The van der Waals surface area contributed by atoms with Gasteiger partial charge in [-0.1, -0.05) is 0 Å². The van der Waals surface area contributed by atoms with Gasteiger partial charge in [-0.2, -0.15) is 0 Å². The number of fused-ring (bicyclic) bond motifs is 1. The summed E-state index contributed by atoms with van der Waals surface area (Å²) in [7, 11) is 0. The van der Waals surface area contributed by atoms with Gasteiger partial charge < -0.3 is 26.7 Å². The molecule has 6 nitrogen and oxygen atoms in total. The second-order valence-corrected chi connectivity index (χ2v) is 4.85. The zero-order chi connectivity index (χ0) is 14.7. The summed E-state index contributed by atoms with van der Waals surface area (Å²) in [5.74, 6) is -0.761. The molecule has 0 spiro atoms. The maximum absolute atomic E-state index is 10.6. The third-order valence-corrected chi connectivity index (χ3v) is 3.37. The molecule has 0 aliphatic carbocycles. The molecule has 1 unspecified atom stereocenters. The van der Waals surface area contributed by atoms with Crippen LogP contribution in [0.4, 0.5) is 0 Å². The number of hydrogen-bond donors (Lipinski definition) is 5. The summed E-state index contributed by atoms with van der Waals surface area (Å²) in [6.07, 6.45) is 2.87. The van der Waals surface area contributed by atoms with Crippen LogP contribution in [0.3, 0.4) is 0 Å². The molecule has 0 radical (unpaired) electrons. The third-order valence-electron chi connectivity index (χ3n) is 3.37. The largest absolute Gasteiger partial charge is 0.508 e. The van der Waals surface area contributed by atoms with Crippen molar-refractivity contribution in [1.82, 2.24) is 4.98 Å². The topological polar surface area (TPSA) is 125 Å². The van der Waals surface area contributed by atoms with Gasteiger partial charge in [-0.05, 0) is 42.6 Å². The molecule has 1 heterocycles. The van der Waals surface area contributed by atoms with E-state index in [4.69, 9.17) is 16.6 Å². The van der Waals surface area contributed by atoms with Crippen LogP contribution in [-0.2, 0) is 11.2 Å². The Hall–Kier alpha value is -2.05. The summed E-state index contributed by atoms with van der Waals surface area (Å²) in [6, 6.07) is 2.81. The summed E-state index contributed by atoms with van der Waals surface area (Å²) in [5, 5.41) is 19.4. The van der Waals surface area contributed by atoms with Gasteiger partial charge in [0.05, 0.1) is 5.52 Å². The molecule has 0 aliphatic rings. The molecular weight excluding hydrogens is 258 g/mol. The Morgan fingerprint density at radius 3 is 2.80 bits per heavy atom. The standard InChI is InChI=1S/C14H19N3O3/c15-4-3-8-7-17-14-10(8)5-9(18)6-11(14)12(16)1-2-13(19)20/h5-7,12,17-18H,1-4,15-16H2,(H,19,20). The molecule has 20 heavy (non-hydrogen) atoms. The molecule has 1 aromatic heterocycles. The van der Waals surface area contributed by atoms with Crippen molar-refractivity contribution in [1.29, 1.82) is 0 Å². The summed E-state index contributed by atoms with van der Waals surface area (Å²) < 4.78 is 0. The highest BCUT2D eigenvalue weighted by molar-refractivity contribution is 5.88. The first-order valence-electron chi connectivity index (χ1n) is 6.53. The summed E-state index contributed by atoms with van der Waals surface area (Å²) in [4.78, 5) is 13.8. The van der Waals surface area contributed by atoms with Gasteiger partial charge in [0.15, 0.2) is 0 Å². The van der Waals surface area contributed by atoms with Crippen molar-refractivity contribution in [3.63, 3.8) is 0 Å². The zero-order valence-corrected chi connectivity index (χ0v) is 11.1. The van der Waals surface area contributed by atoms with Gasteiger partial charge in [-0.15, -0.1) is 0 Å². The molecular formula is C14H19N3O3. The molecule has 0 aliphatic heterocycles. The summed E-state index contributed by atoms with van der Waals surface area (Å²) >= 11 is 0. The van der Waals surface area contributed by atoms with E-state index < -0.39 is 12.0 Å². The van der Waals surface area contributed by atoms with Crippen molar-refractivity contribution in [2.45, 2.75) is 25.3 Å². The van der Waals surface area contributed by atoms with Crippen LogP contribution < -0.4 is 11.5 Å². The van der Waals surface area contributed by atoms with Crippen LogP contribution in [0, 0.1) is 0 Å². The van der Waals surface area contributed by atoms with Crippen LogP contribution in [0.5, 0.6) is 5.75 Å². The molecule has 1 atom stereocenters. The molecule has 7 N–H and O–H groups in total. The zero-order valence-electron chi connectivity index (χ0n) is 11.1. The number of phenols is 1. The van der Waals surface area contributed by atoms with Crippen molar-refractivity contribution in [2.75, 3.05) is 6.54 Å². The molecule has 6 heteroatoms. The molecule has 0 bridgehead atoms. The Labute approximate surface area is 116 Å². The van der Waals surface area contributed by atoms with E-state index in [-0.39, 0.29) is 12.2 Å². The van der Waals surface area contributed by atoms with Gasteiger partial charge in [0.25, 0.3) is 0 Å². The molecule has 0 saturated carbocycles. The number of aromatic nitrogens is 1. The Balaban J connectivity index is 2.39. The van der Waals surface area contributed by atoms with E-state index in [1.54, 1.807) is 12.1 Å². The van der Waals surface area contributed by atoms with E-state index in [0.717, 1.165) is 22.0 Å². The second kappa shape index (κ2) is 5.94.